The lowest BCUT2D eigenvalue weighted by molar-refractivity contribution is -0.144. The molecule has 1 aromatic heterocycles. The standard InChI is InChI=1S/C24H22FN3O4/c1-14(29)32-21-11-27-22-19(18-10-26-20-9-16(25)7-8-17(18)20)12-28(23(21)22)24(30)31-13-15-5-3-2-4-6-15/h2-11,19,21-23,26H,12-13H2,1H3/t19-,21?,22?,23?/m0/s1. The molecule has 1 N–H and O–H groups in total. The van der Waals surface area contributed by atoms with Crippen molar-refractivity contribution in [3.05, 3.63) is 71.7 Å². The monoisotopic (exact) mass is 435 g/mol. The van der Waals surface area contributed by atoms with Crippen LogP contribution in [0.1, 0.15) is 24.0 Å². The normalized spacial score (nSPS) is 24.0. The van der Waals surface area contributed by atoms with Crippen LogP contribution in [0.25, 0.3) is 10.9 Å². The van der Waals surface area contributed by atoms with E-state index in [0.717, 1.165) is 16.5 Å². The summed E-state index contributed by atoms with van der Waals surface area (Å²) >= 11 is 0. The summed E-state index contributed by atoms with van der Waals surface area (Å²) in [6.45, 7) is 1.83. The number of carbonyl (C=O) groups is 2. The minimum atomic E-state index is -0.644. The maximum absolute atomic E-state index is 13.6. The number of aromatic nitrogens is 1. The molecule has 5 rings (SSSR count). The van der Waals surface area contributed by atoms with Crippen molar-refractivity contribution in [2.45, 2.75) is 37.6 Å². The average Bonchev–Trinajstić information content (AvgIpc) is 3.47. The Balaban J connectivity index is 1.43. The Labute approximate surface area is 183 Å². The Kier molecular flexibility index (Phi) is 5.13. The molecule has 0 spiro atoms. The molecule has 0 radical (unpaired) electrons. The van der Waals surface area contributed by atoms with Crippen LogP contribution in [0.2, 0.25) is 0 Å². The van der Waals surface area contributed by atoms with E-state index in [4.69, 9.17) is 9.47 Å². The summed E-state index contributed by atoms with van der Waals surface area (Å²) in [6.07, 6.45) is 2.29. The fourth-order valence-electron chi connectivity index (χ4n) is 4.70. The number of carbonyl (C=O) groups excluding carboxylic acids is 2. The Morgan fingerprint density at radius 2 is 2.03 bits per heavy atom. The molecule has 8 heteroatoms. The van der Waals surface area contributed by atoms with Crippen molar-refractivity contribution in [2.75, 3.05) is 6.54 Å². The van der Waals surface area contributed by atoms with Crippen LogP contribution in [-0.2, 0) is 20.9 Å². The second-order valence-electron chi connectivity index (χ2n) is 8.09. The number of nitrogens with zero attached hydrogens (tertiary/aromatic N) is 2. The molecule has 3 heterocycles. The van der Waals surface area contributed by atoms with Gasteiger partial charge in [-0.3, -0.25) is 14.7 Å². The topological polar surface area (TPSA) is 84.0 Å². The van der Waals surface area contributed by atoms with Crippen LogP contribution < -0.4 is 0 Å². The van der Waals surface area contributed by atoms with Gasteiger partial charge in [-0.1, -0.05) is 30.3 Å². The number of aromatic amines is 1. The Hall–Kier alpha value is -3.68. The van der Waals surface area contributed by atoms with Crippen LogP contribution in [0.15, 0.2) is 59.7 Å². The second-order valence-corrected chi connectivity index (χ2v) is 8.09. The molecule has 1 amide bonds. The van der Waals surface area contributed by atoms with Gasteiger partial charge in [-0.15, -0.1) is 0 Å². The van der Waals surface area contributed by atoms with Crippen molar-refractivity contribution in [2.24, 2.45) is 4.99 Å². The molecule has 0 bridgehead atoms. The lowest BCUT2D eigenvalue weighted by Crippen LogP contribution is -2.46. The highest BCUT2D eigenvalue weighted by Gasteiger charge is 2.52. The smallest absolute Gasteiger partial charge is 0.410 e. The van der Waals surface area contributed by atoms with Crippen molar-refractivity contribution >= 4 is 29.2 Å². The number of halogens is 1. The predicted octanol–water partition coefficient (Wildman–Crippen LogP) is 3.80. The van der Waals surface area contributed by atoms with Gasteiger partial charge in [-0.2, -0.15) is 0 Å². The quantitative estimate of drug-likeness (QED) is 0.632. The SMILES string of the molecule is CC(=O)OC1C=NC2C1N(C(=O)OCc1ccccc1)C[C@H]2c1c[nH]c2cc(F)ccc12. The molecular weight excluding hydrogens is 413 g/mol. The molecule has 1 saturated heterocycles. The molecule has 2 aromatic carbocycles. The van der Waals surface area contributed by atoms with E-state index >= 15 is 0 Å². The lowest BCUT2D eigenvalue weighted by Gasteiger charge is -2.26. The third-order valence-electron chi connectivity index (χ3n) is 6.07. The Morgan fingerprint density at radius 3 is 2.81 bits per heavy atom. The largest absolute Gasteiger partial charge is 0.454 e. The second kappa shape index (κ2) is 8.11. The van der Waals surface area contributed by atoms with Crippen LogP contribution in [-0.4, -0.2) is 52.9 Å². The number of benzene rings is 2. The van der Waals surface area contributed by atoms with Gasteiger partial charge in [-0.05, 0) is 29.3 Å². The highest BCUT2D eigenvalue weighted by Crippen LogP contribution is 2.41. The number of hydrogen-bond donors (Lipinski definition) is 1. The van der Waals surface area contributed by atoms with Gasteiger partial charge < -0.3 is 14.5 Å². The van der Waals surface area contributed by atoms with Crippen molar-refractivity contribution in [3.8, 4) is 0 Å². The maximum Gasteiger partial charge on any atom is 0.410 e. The number of fused-ring (bicyclic) bond motifs is 2. The molecule has 7 nitrogen and oxygen atoms in total. The third-order valence-corrected chi connectivity index (χ3v) is 6.07. The zero-order chi connectivity index (χ0) is 22.2. The van der Waals surface area contributed by atoms with E-state index in [0.29, 0.717) is 12.1 Å². The molecular formula is C24H22FN3O4. The first kappa shape index (κ1) is 20.2. The van der Waals surface area contributed by atoms with E-state index in [1.54, 1.807) is 17.2 Å². The third kappa shape index (κ3) is 3.62. The van der Waals surface area contributed by atoms with E-state index in [9.17, 15) is 14.0 Å². The number of aliphatic imine (C=N–C) groups is 1. The van der Waals surface area contributed by atoms with Crippen molar-refractivity contribution in [1.82, 2.24) is 9.88 Å². The Bertz CT molecular complexity index is 1190. The number of nitrogens with one attached hydrogen (secondary N) is 1. The number of amides is 1. The molecule has 3 unspecified atom stereocenters. The number of hydrogen-bond acceptors (Lipinski definition) is 5. The van der Waals surface area contributed by atoms with E-state index in [1.807, 2.05) is 36.5 Å². The van der Waals surface area contributed by atoms with Crippen molar-refractivity contribution in [3.63, 3.8) is 0 Å². The average molecular weight is 435 g/mol. The summed E-state index contributed by atoms with van der Waals surface area (Å²) in [5.74, 6) is -0.916. The first-order valence-corrected chi connectivity index (χ1v) is 10.5. The van der Waals surface area contributed by atoms with E-state index in [2.05, 4.69) is 9.98 Å². The molecule has 164 valence electrons. The van der Waals surface area contributed by atoms with Gasteiger partial charge in [0.1, 0.15) is 18.5 Å². The zero-order valence-electron chi connectivity index (χ0n) is 17.4. The van der Waals surface area contributed by atoms with Crippen molar-refractivity contribution < 1.29 is 23.5 Å². The first-order chi connectivity index (χ1) is 15.5. The highest BCUT2D eigenvalue weighted by molar-refractivity contribution is 5.85. The van der Waals surface area contributed by atoms with Crippen LogP contribution in [0.5, 0.6) is 0 Å². The van der Waals surface area contributed by atoms with Gasteiger partial charge in [-0.25, -0.2) is 9.18 Å². The first-order valence-electron chi connectivity index (χ1n) is 10.5. The number of likely N-dealkylation sites (tertiary alicyclic amines) is 1. The number of rotatable bonds is 4. The molecule has 4 atom stereocenters. The fourth-order valence-corrected chi connectivity index (χ4v) is 4.70. The highest BCUT2D eigenvalue weighted by atomic mass is 19.1. The van der Waals surface area contributed by atoms with Crippen LogP contribution in [0, 0.1) is 5.82 Å². The van der Waals surface area contributed by atoms with Crippen LogP contribution in [0.3, 0.4) is 0 Å². The Morgan fingerprint density at radius 1 is 1.22 bits per heavy atom. The van der Waals surface area contributed by atoms with Gasteiger partial charge in [0.05, 0.1) is 6.04 Å². The molecule has 1 fully saturated rings. The summed E-state index contributed by atoms with van der Waals surface area (Å²) in [5.41, 5.74) is 2.50. The summed E-state index contributed by atoms with van der Waals surface area (Å²) in [6, 6.07) is 13.2. The van der Waals surface area contributed by atoms with Gasteiger partial charge in [0, 0.05) is 42.7 Å². The number of H-pyrrole nitrogens is 1. The predicted molar refractivity (Wildman–Crippen MR) is 116 cm³/mol. The number of esters is 1. The molecule has 2 aliphatic rings. The summed E-state index contributed by atoms with van der Waals surface area (Å²) in [7, 11) is 0. The number of ether oxygens (including phenoxy) is 2. The van der Waals surface area contributed by atoms with E-state index < -0.39 is 24.2 Å². The molecule has 0 aliphatic carbocycles. The zero-order valence-corrected chi connectivity index (χ0v) is 17.4. The van der Waals surface area contributed by atoms with Crippen LogP contribution in [0.4, 0.5) is 9.18 Å². The van der Waals surface area contributed by atoms with Gasteiger partial charge in [0.2, 0.25) is 0 Å². The summed E-state index contributed by atoms with van der Waals surface area (Å²) in [5, 5.41) is 0.876. The maximum atomic E-state index is 13.6. The summed E-state index contributed by atoms with van der Waals surface area (Å²) in [4.78, 5) is 34.0. The van der Waals surface area contributed by atoms with Gasteiger partial charge in [0.25, 0.3) is 0 Å². The summed E-state index contributed by atoms with van der Waals surface area (Å²) < 4.78 is 24.7. The van der Waals surface area contributed by atoms with Gasteiger partial charge in [0.15, 0.2) is 6.10 Å². The van der Waals surface area contributed by atoms with Crippen LogP contribution >= 0.6 is 0 Å². The molecule has 2 aliphatic heterocycles. The van der Waals surface area contributed by atoms with E-state index in [1.165, 1.54) is 19.1 Å². The van der Waals surface area contributed by atoms with Gasteiger partial charge >= 0.3 is 12.1 Å². The molecule has 0 saturated carbocycles. The molecule has 3 aromatic rings. The van der Waals surface area contributed by atoms with E-state index in [-0.39, 0.29) is 24.4 Å². The molecule has 32 heavy (non-hydrogen) atoms. The minimum Gasteiger partial charge on any atom is -0.454 e. The fraction of sp³-hybridized carbons (Fsp3) is 0.292. The van der Waals surface area contributed by atoms with Crippen molar-refractivity contribution in [1.29, 1.82) is 0 Å². The lowest BCUT2D eigenvalue weighted by atomic mass is 9.91. The minimum absolute atomic E-state index is 0.143.